The number of sulfonamides is 1. The Labute approximate surface area is 186 Å². The lowest BCUT2D eigenvalue weighted by Crippen LogP contribution is -2.14. The molecule has 0 bridgehead atoms. The van der Waals surface area contributed by atoms with Gasteiger partial charge in [-0.2, -0.15) is 0 Å². The molecular weight excluding hydrogens is 438 g/mol. The first-order valence-electron chi connectivity index (χ1n) is 10.1. The average molecular weight is 463 g/mol. The number of aryl methyl sites for hydroxylation is 1. The molecule has 32 heavy (non-hydrogen) atoms. The van der Waals surface area contributed by atoms with E-state index in [4.69, 9.17) is 9.47 Å². The number of halogens is 2. The molecule has 1 heterocycles. The Morgan fingerprint density at radius 2 is 1.75 bits per heavy atom. The van der Waals surface area contributed by atoms with Crippen molar-refractivity contribution in [2.24, 2.45) is 0 Å². The van der Waals surface area contributed by atoms with Crippen molar-refractivity contribution in [3.8, 4) is 28.5 Å². The fourth-order valence-corrected chi connectivity index (χ4v) is 3.54. The van der Waals surface area contributed by atoms with Gasteiger partial charge >= 0.3 is 0 Å². The molecule has 0 saturated carbocycles. The van der Waals surface area contributed by atoms with Crippen LogP contribution in [0.1, 0.15) is 26.0 Å². The van der Waals surface area contributed by atoms with E-state index in [1.807, 2.05) is 6.92 Å². The predicted octanol–water partition coefficient (Wildman–Crippen LogP) is 5.68. The Morgan fingerprint density at radius 1 is 1.00 bits per heavy atom. The van der Waals surface area contributed by atoms with Gasteiger partial charge in [0.15, 0.2) is 11.6 Å². The number of nitrogens with one attached hydrogen (secondary N) is 1. The molecular formula is C23H24F2N2O4S. The number of hydrogen-bond acceptors (Lipinski definition) is 5. The highest BCUT2D eigenvalue weighted by molar-refractivity contribution is 7.92. The lowest BCUT2D eigenvalue weighted by molar-refractivity contribution is 0.305. The summed E-state index contributed by atoms with van der Waals surface area (Å²) in [5, 5.41) is 0. The van der Waals surface area contributed by atoms with Crippen molar-refractivity contribution >= 4 is 15.7 Å². The first kappa shape index (κ1) is 23.5. The van der Waals surface area contributed by atoms with Crippen molar-refractivity contribution in [1.29, 1.82) is 0 Å². The molecule has 0 spiro atoms. The standard InChI is InChI=1S/C23H24F2N2O4S/c1-4-10-30-23-12-16(11-15(3)26-23)19-14-18(27-32(28,29)5-2)7-9-21(19)31-22-8-6-17(24)13-20(22)25/h6-9,11-14,27H,4-5,10H2,1-3H3. The first-order valence-corrected chi connectivity index (χ1v) is 11.7. The summed E-state index contributed by atoms with van der Waals surface area (Å²) in [6, 6.07) is 11.1. The number of nitrogens with zero attached hydrogens (tertiary/aromatic N) is 1. The Kier molecular flexibility index (Phi) is 7.29. The van der Waals surface area contributed by atoms with Gasteiger partial charge in [0.2, 0.25) is 15.9 Å². The third kappa shape index (κ3) is 5.94. The van der Waals surface area contributed by atoms with Gasteiger partial charge in [-0.3, -0.25) is 4.72 Å². The summed E-state index contributed by atoms with van der Waals surface area (Å²) in [6.07, 6.45) is 0.803. The maximum absolute atomic E-state index is 14.2. The highest BCUT2D eigenvalue weighted by atomic mass is 32.2. The van der Waals surface area contributed by atoms with Crippen molar-refractivity contribution in [1.82, 2.24) is 4.98 Å². The van der Waals surface area contributed by atoms with E-state index < -0.39 is 21.7 Å². The largest absolute Gasteiger partial charge is 0.478 e. The monoisotopic (exact) mass is 462 g/mol. The van der Waals surface area contributed by atoms with Gasteiger partial charge in [0.05, 0.1) is 12.4 Å². The fraction of sp³-hybridized carbons (Fsp3) is 0.261. The number of aromatic nitrogens is 1. The second-order valence-electron chi connectivity index (χ2n) is 7.08. The summed E-state index contributed by atoms with van der Waals surface area (Å²) in [4.78, 5) is 4.35. The van der Waals surface area contributed by atoms with Crippen LogP contribution in [0.25, 0.3) is 11.1 Å². The van der Waals surface area contributed by atoms with Crippen molar-refractivity contribution in [2.45, 2.75) is 27.2 Å². The SMILES string of the molecule is CCCOc1cc(-c2cc(NS(=O)(=O)CC)ccc2Oc2ccc(F)cc2F)cc(C)n1. The molecule has 0 fully saturated rings. The van der Waals surface area contributed by atoms with Crippen LogP contribution < -0.4 is 14.2 Å². The highest BCUT2D eigenvalue weighted by Crippen LogP contribution is 2.38. The van der Waals surface area contributed by atoms with Gasteiger partial charge in [-0.05, 0) is 62.2 Å². The van der Waals surface area contributed by atoms with E-state index in [-0.39, 0.29) is 17.3 Å². The molecule has 3 aromatic rings. The molecule has 2 aromatic carbocycles. The molecule has 0 radical (unpaired) electrons. The maximum Gasteiger partial charge on any atom is 0.232 e. The number of benzene rings is 2. The molecule has 0 unspecified atom stereocenters. The van der Waals surface area contributed by atoms with Gasteiger partial charge in [-0.15, -0.1) is 0 Å². The van der Waals surface area contributed by atoms with Gasteiger partial charge in [0.1, 0.15) is 11.6 Å². The van der Waals surface area contributed by atoms with Gasteiger partial charge in [0, 0.05) is 29.1 Å². The zero-order valence-corrected chi connectivity index (χ0v) is 18.8. The second kappa shape index (κ2) is 9.95. The van der Waals surface area contributed by atoms with Gasteiger partial charge in [0.25, 0.3) is 0 Å². The van der Waals surface area contributed by atoms with Crippen LogP contribution in [-0.2, 0) is 10.0 Å². The quantitative estimate of drug-likeness (QED) is 0.443. The molecule has 0 aliphatic rings. The van der Waals surface area contributed by atoms with Crippen LogP contribution in [0, 0.1) is 18.6 Å². The molecule has 1 aromatic heterocycles. The minimum Gasteiger partial charge on any atom is -0.478 e. The Morgan fingerprint density at radius 3 is 2.44 bits per heavy atom. The van der Waals surface area contributed by atoms with Gasteiger partial charge in [-0.1, -0.05) is 6.92 Å². The van der Waals surface area contributed by atoms with Crippen molar-refractivity contribution in [3.05, 3.63) is 65.9 Å². The maximum atomic E-state index is 14.2. The molecule has 0 aliphatic carbocycles. The molecule has 0 atom stereocenters. The normalized spacial score (nSPS) is 11.3. The number of hydrogen-bond donors (Lipinski definition) is 1. The van der Waals surface area contributed by atoms with Crippen molar-refractivity contribution in [3.63, 3.8) is 0 Å². The van der Waals surface area contributed by atoms with Crippen LogP contribution in [0.3, 0.4) is 0 Å². The summed E-state index contributed by atoms with van der Waals surface area (Å²) in [7, 11) is -3.51. The lowest BCUT2D eigenvalue weighted by atomic mass is 10.0. The first-order chi connectivity index (χ1) is 15.2. The van der Waals surface area contributed by atoms with Crippen molar-refractivity contribution in [2.75, 3.05) is 17.1 Å². The smallest absolute Gasteiger partial charge is 0.232 e. The van der Waals surface area contributed by atoms with Crippen LogP contribution >= 0.6 is 0 Å². The molecule has 3 rings (SSSR count). The molecule has 0 aliphatic heterocycles. The van der Waals surface area contributed by atoms with Crippen LogP contribution in [0.5, 0.6) is 17.4 Å². The van der Waals surface area contributed by atoms with Crippen LogP contribution in [0.15, 0.2) is 48.5 Å². The number of ether oxygens (including phenoxy) is 2. The Hall–Kier alpha value is -3.20. The number of rotatable bonds is 9. The van der Waals surface area contributed by atoms with E-state index in [1.165, 1.54) is 25.1 Å². The van der Waals surface area contributed by atoms with E-state index >= 15 is 0 Å². The third-order valence-corrected chi connectivity index (χ3v) is 5.75. The Balaban J connectivity index is 2.10. The molecule has 6 nitrogen and oxygen atoms in total. The van der Waals surface area contributed by atoms with Crippen LogP contribution in [0.4, 0.5) is 14.5 Å². The minimum absolute atomic E-state index is 0.0925. The summed E-state index contributed by atoms with van der Waals surface area (Å²) in [5.41, 5.74) is 2.11. The third-order valence-electron chi connectivity index (χ3n) is 4.44. The van der Waals surface area contributed by atoms with Crippen molar-refractivity contribution < 1.29 is 26.7 Å². The van der Waals surface area contributed by atoms with E-state index in [0.29, 0.717) is 35.0 Å². The summed E-state index contributed by atoms with van der Waals surface area (Å²) in [5.74, 6) is -1.18. The molecule has 170 valence electrons. The van der Waals surface area contributed by atoms with Gasteiger partial charge in [-0.25, -0.2) is 22.2 Å². The number of pyridine rings is 1. The molecule has 0 saturated heterocycles. The highest BCUT2D eigenvalue weighted by Gasteiger charge is 2.16. The van der Waals surface area contributed by atoms with E-state index in [1.54, 1.807) is 25.1 Å². The summed E-state index contributed by atoms with van der Waals surface area (Å²) in [6.45, 7) is 5.79. The number of anilines is 1. The van der Waals surface area contributed by atoms with Crippen LogP contribution in [0.2, 0.25) is 0 Å². The summed E-state index contributed by atoms with van der Waals surface area (Å²) < 4.78 is 65.4. The van der Waals surface area contributed by atoms with Crippen LogP contribution in [-0.4, -0.2) is 25.8 Å². The van der Waals surface area contributed by atoms with E-state index in [9.17, 15) is 17.2 Å². The topological polar surface area (TPSA) is 77.5 Å². The minimum atomic E-state index is -3.51. The summed E-state index contributed by atoms with van der Waals surface area (Å²) >= 11 is 0. The zero-order valence-electron chi connectivity index (χ0n) is 18.0. The predicted molar refractivity (Wildman–Crippen MR) is 120 cm³/mol. The molecule has 0 amide bonds. The molecule has 1 N–H and O–H groups in total. The van der Waals surface area contributed by atoms with Gasteiger partial charge < -0.3 is 9.47 Å². The second-order valence-corrected chi connectivity index (χ2v) is 9.09. The average Bonchev–Trinajstić information content (AvgIpc) is 2.74. The Bertz CT molecular complexity index is 1220. The van der Waals surface area contributed by atoms with E-state index in [2.05, 4.69) is 9.71 Å². The fourth-order valence-electron chi connectivity index (χ4n) is 2.91. The van der Waals surface area contributed by atoms with E-state index in [0.717, 1.165) is 18.6 Å². The molecule has 9 heteroatoms. The lowest BCUT2D eigenvalue weighted by Gasteiger charge is -2.16. The zero-order chi connectivity index (χ0) is 23.3.